The van der Waals surface area contributed by atoms with Gasteiger partial charge in [0, 0.05) is 73.8 Å². The van der Waals surface area contributed by atoms with Crippen LogP contribution in [0.4, 0.5) is 0 Å². The molecule has 1 heterocycles. The summed E-state index contributed by atoms with van der Waals surface area (Å²) in [5.74, 6) is -8.41. The Bertz CT molecular complexity index is 1400. The summed E-state index contributed by atoms with van der Waals surface area (Å²) in [5.41, 5.74) is -3.63. The van der Waals surface area contributed by atoms with E-state index in [4.69, 9.17) is 28.4 Å². The second kappa shape index (κ2) is 22.3. The second-order valence-corrected chi connectivity index (χ2v) is 10.3. The Morgan fingerprint density at radius 2 is 0.549 bits per heavy atom. The summed E-state index contributed by atoms with van der Waals surface area (Å²) in [7, 11) is 0. The molecule has 0 radical (unpaired) electrons. The maximum atomic E-state index is 13.9. The monoisotopic (exact) mass is 717 g/mol. The van der Waals surface area contributed by atoms with Gasteiger partial charge in [-0.3, -0.25) is 0 Å². The van der Waals surface area contributed by atoms with Gasteiger partial charge in [0.05, 0.1) is 39.6 Å². The highest BCUT2D eigenvalue weighted by atomic mass is 16.6. The average Bonchev–Trinajstić information content (AvgIpc) is 3.14. The molecule has 1 aromatic heterocycles. The summed E-state index contributed by atoms with van der Waals surface area (Å²) < 4.78 is 32.1. The molecule has 0 bridgehead atoms. The minimum Gasteiger partial charge on any atom is -0.462 e. The molecule has 18 nitrogen and oxygen atoms in total. The van der Waals surface area contributed by atoms with E-state index in [2.05, 4.69) is 39.5 Å². The Balaban J connectivity index is 3.91. The third-order valence-corrected chi connectivity index (χ3v) is 6.48. The van der Waals surface area contributed by atoms with Gasteiger partial charge in [0.15, 0.2) is 0 Å². The lowest BCUT2D eigenvalue weighted by Gasteiger charge is -2.23. The Morgan fingerprint density at radius 1 is 0.392 bits per heavy atom. The summed E-state index contributed by atoms with van der Waals surface area (Å²) >= 11 is 0. The number of hydrogen-bond donors (Lipinski definition) is 0. The van der Waals surface area contributed by atoms with Crippen LogP contribution in [0.1, 0.15) is 0 Å². The number of carbonyl (C=O) groups excluding carboxylic acids is 6. The number of rotatable bonds is 24. The minimum absolute atomic E-state index is 0.491. The molecule has 51 heavy (non-hydrogen) atoms. The van der Waals surface area contributed by atoms with Crippen molar-refractivity contribution in [2.24, 2.45) is 17.8 Å². The van der Waals surface area contributed by atoms with Crippen molar-refractivity contribution in [2.75, 3.05) is 39.6 Å². The van der Waals surface area contributed by atoms with E-state index < -0.39 is 130 Å². The lowest BCUT2D eigenvalue weighted by Crippen LogP contribution is -2.57. The zero-order valence-electron chi connectivity index (χ0n) is 27.8. The Labute approximate surface area is 291 Å². The van der Waals surface area contributed by atoms with E-state index in [0.29, 0.717) is 13.7 Å². The van der Waals surface area contributed by atoms with Crippen LogP contribution >= 0.6 is 0 Å². The van der Waals surface area contributed by atoms with Gasteiger partial charge in [-0.25, -0.2) is 56.9 Å². The molecular weight excluding hydrogens is 678 g/mol. The van der Waals surface area contributed by atoms with Gasteiger partial charge in [-0.2, -0.15) is 0 Å². The SMILES string of the molecule is C=CC(=O)OCC(COC(=O)C=C)Cn1c(=O)n(CC(COC(=O)C=C)COC(=O)C=C)c(=O)n(CC(COC(=O)C=C)COC(=O)C=C)c1=O. The van der Waals surface area contributed by atoms with Crippen molar-refractivity contribution in [3.8, 4) is 0 Å². The van der Waals surface area contributed by atoms with Gasteiger partial charge in [0.2, 0.25) is 0 Å². The molecule has 0 atom stereocenters. The van der Waals surface area contributed by atoms with Gasteiger partial charge in [0.1, 0.15) is 0 Å². The van der Waals surface area contributed by atoms with Crippen molar-refractivity contribution in [2.45, 2.75) is 19.6 Å². The summed E-state index contributed by atoms with van der Waals surface area (Å²) in [5, 5.41) is 0. The largest absolute Gasteiger partial charge is 0.462 e. The van der Waals surface area contributed by atoms with Crippen molar-refractivity contribution in [1.29, 1.82) is 0 Å². The van der Waals surface area contributed by atoms with Gasteiger partial charge in [-0.1, -0.05) is 39.5 Å². The predicted octanol–water partition coefficient (Wildman–Crippen LogP) is -0.604. The van der Waals surface area contributed by atoms with E-state index in [1.165, 1.54) is 0 Å². The number of aromatic nitrogens is 3. The molecule has 18 heteroatoms. The van der Waals surface area contributed by atoms with Crippen LogP contribution in [0, 0.1) is 17.8 Å². The zero-order chi connectivity index (χ0) is 38.5. The second-order valence-electron chi connectivity index (χ2n) is 10.3. The average molecular weight is 718 g/mol. The van der Waals surface area contributed by atoms with Crippen LogP contribution in [-0.4, -0.2) is 89.2 Å². The molecule has 276 valence electrons. The summed E-state index contributed by atoms with van der Waals surface area (Å²) in [4.78, 5) is 112. The Kier molecular flexibility index (Phi) is 18.7. The lowest BCUT2D eigenvalue weighted by atomic mass is 10.1. The third-order valence-electron chi connectivity index (χ3n) is 6.48. The van der Waals surface area contributed by atoms with Crippen LogP contribution in [0.2, 0.25) is 0 Å². The fraction of sp³-hybridized carbons (Fsp3) is 0.364. The molecule has 0 aromatic carbocycles. The van der Waals surface area contributed by atoms with E-state index in [1.807, 2.05) is 0 Å². The lowest BCUT2D eigenvalue weighted by molar-refractivity contribution is -0.144. The predicted molar refractivity (Wildman–Crippen MR) is 177 cm³/mol. The normalized spacial score (nSPS) is 10.4. The molecular formula is C33H39N3O15. The first-order valence-corrected chi connectivity index (χ1v) is 14.9. The molecule has 0 saturated heterocycles. The van der Waals surface area contributed by atoms with Crippen molar-refractivity contribution >= 4 is 35.8 Å². The first-order valence-electron chi connectivity index (χ1n) is 14.9. The fourth-order valence-corrected chi connectivity index (χ4v) is 3.94. The van der Waals surface area contributed by atoms with Crippen LogP contribution in [0.5, 0.6) is 0 Å². The molecule has 0 aliphatic carbocycles. The van der Waals surface area contributed by atoms with Gasteiger partial charge in [0.25, 0.3) is 0 Å². The van der Waals surface area contributed by atoms with E-state index in [9.17, 15) is 43.2 Å². The van der Waals surface area contributed by atoms with Crippen molar-refractivity contribution in [3.05, 3.63) is 107 Å². The van der Waals surface area contributed by atoms with Crippen LogP contribution in [0.25, 0.3) is 0 Å². The molecule has 0 unspecified atom stereocenters. The highest BCUT2D eigenvalue weighted by Gasteiger charge is 2.26. The fourth-order valence-electron chi connectivity index (χ4n) is 3.94. The highest BCUT2D eigenvalue weighted by molar-refractivity contribution is 5.83. The standard InChI is InChI=1S/C33H39N3O15/c1-7-25(37)46-16-22(17-47-26(38)8-2)13-34-31(43)35(14-23(18-48-27(39)9-3)19-49-28(40)10-4)33(45)36(32(34)44)15-24(20-50-29(41)11-5)21-51-30(42)12-6/h7-12,22-24H,1-6,13-21H2. The van der Waals surface area contributed by atoms with Crippen LogP contribution < -0.4 is 17.1 Å². The highest BCUT2D eigenvalue weighted by Crippen LogP contribution is 2.07. The molecule has 0 aliphatic heterocycles. The minimum atomic E-state index is -1.21. The topological polar surface area (TPSA) is 224 Å². The quantitative estimate of drug-likeness (QED) is 0.0739. The van der Waals surface area contributed by atoms with E-state index in [-0.39, 0.29) is 0 Å². The Morgan fingerprint density at radius 3 is 0.686 bits per heavy atom. The maximum Gasteiger partial charge on any atom is 0.336 e. The van der Waals surface area contributed by atoms with E-state index in [0.717, 1.165) is 36.5 Å². The third kappa shape index (κ3) is 14.8. The van der Waals surface area contributed by atoms with Crippen LogP contribution in [0.3, 0.4) is 0 Å². The van der Waals surface area contributed by atoms with Crippen molar-refractivity contribution in [1.82, 2.24) is 13.7 Å². The molecule has 0 N–H and O–H groups in total. The van der Waals surface area contributed by atoms with Crippen LogP contribution in [-0.2, 0) is 76.8 Å². The maximum absolute atomic E-state index is 13.9. The Hall–Kier alpha value is -6.33. The molecule has 0 fully saturated rings. The summed E-state index contributed by atoms with van der Waals surface area (Å²) in [6.45, 7) is 15.0. The van der Waals surface area contributed by atoms with Gasteiger partial charge < -0.3 is 28.4 Å². The molecule has 0 amide bonds. The summed E-state index contributed by atoms with van der Waals surface area (Å²) in [6.07, 6.45) is 5.10. The first-order chi connectivity index (χ1) is 24.2. The van der Waals surface area contributed by atoms with Gasteiger partial charge >= 0.3 is 52.9 Å². The molecule has 0 spiro atoms. The number of hydrogen-bond acceptors (Lipinski definition) is 15. The number of esters is 6. The zero-order valence-corrected chi connectivity index (χ0v) is 27.8. The van der Waals surface area contributed by atoms with Gasteiger partial charge in [-0.15, -0.1) is 0 Å². The van der Waals surface area contributed by atoms with Crippen molar-refractivity contribution < 1.29 is 57.2 Å². The first kappa shape index (κ1) is 42.7. The molecule has 1 rings (SSSR count). The number of carbonyl (C=O) groups is 6. The molecule has 0 aliphatic rings. The van der Waals surface area contributed by atoms with Crippen LogP contribution in [0.15, 0.2) is 90.3 Å². The number of nitrogens with zero attached hydrogens (tertiary/aromatic N) is 3. The number of ether oxygens (including phenoxy) is 6. The summed E-state index contributed by atoms with van der Waals surface area (Å²) in [6, 6.07) is 0. The molecule has 1 aromatic rings. The molecule has 0 saturated carbocycles. The van der Waals surface area contributed by atoms with Crippen molar-refractivity contribution in [3.63, 3.8) is 0 Å². The van der Waals surface area contributed by atoms with E-state index >= 15 is 0 Å². The van der Waals surface area contributed by atoms with Gasteiger partial charge in [-0.05, 0) is 0 Å². The van der Waals surface area contributed by atoms with E-state index in [1.54, 1.807) is 0 Å². The smallest absolute Gasteiger partial charge is 0.336 e.